The third kappa shape index (κ3) is 3.05. The van der Waals surface area contributed by atoms with Gasteiger partial charge in [-0.3, -0.25) is 4.79 Å². The molecule has 0 aliphatic carbocycles. The predicted molar refractivity (Wildman–Crippen MR) is 75.6 cm³/mol. The van der Waals surface area contributed by atoms with Gasteiger partial charge in [0, 0.05) is 0 Å². The van der Waals surface area contributed by atoms with E-state index < -0.39 is 5.97 Å². The first-order valence-electron chi connectivity index (χ1n) is 6.43. The molecule has 1 N–H and O–H groups in total. The number of benzene rings is 2. The van der Waals surface area contributed by atoms with Crippen molar-refractivity contribution in [3.8, 4) is 5.75 Å². The van der Waals surface area contributed by atoms with Crippen LogP contribution in [0.15, 0.2) is 36.4 Å². The molecule has 0 heterocycles. The number of hydrogen-bond acceptors (Lipinski definition) is 2. The number of carboxylic acids is 1. The van der Waals surface area contributed by atoms with E-state index in [9.17, 15) is 4.79 Å². The summed E-state index contributed by atoms with van der Waals surface area (Å²) < 4.78 is 5.19. The lowest BCUT2D eigenvalue weighted by Crippen LogP contribution is -2.15. The second-order valence-corrected chi connectivity index (χ2v) is 4.69. The Morgan fingerprint density at radius 1 is 1.21 bits per heavy atom. The van der Waals surface area contributed by atoms with Crippen molar-refractivity contribution in [3.05, 3.63) is 42.0 Å². The number of aliphatic carboxylic acids is 1. The molecule has 0 spiro atoms. The zero-order valence-corrected chi connectivity index (χ0v) is 11.2. The van der Waals surface area contributed by atoms with E-state index >= 15 is 0 Å². The average molecular weight is 258 g/mol. The third-order valence-electron chi connectivity index (χ3n) is 3.44. The zero-order valence-electron chi connectivity index (χ0n) is 11.2. The highest BCUT2D eigenvalue weighted by atomic mass is 16.5. The van der Waals surface area contributed by atoms with E-state index in [1.165, 1.54) is 0 Å². The Hall–Kier alpha value is -2.03. The minimum atomic E-state index is -0.725. The van der Waals surface area contributed by atoms with E-state index in [-0.39, 0.29) is 5.92 Å². The van der Waals surface area contributed by atoms with Gasteiger partial charge in [0.1, 0.15) is 5.75 Å². The Balaban J connectivity index is 2.29. The van der Waals surface area contributed by atoms with Gasteiger partial charge < -0.3 is 9.84 Å². The Kier molecular flexibility index (Phi) is 4.05. The number of hydrogen-bond donors (Lipinski definition) is 1. The lowest BCUT2D eigenvalue weighted by Gasteiger charge is -2.10. The molecule has 2 aromatic carbocycles. The SMILES string of the molecule is CC[C@@H](Cc1ccc2cc(OC)ccc2c1)C(=O)O. The normalized spacial score (nSPS) is 12.3. The fourth-order valence-corrected chi connectivity index (χ4v) is 2.22. The summed E-state index contributed by atoms with van der Waals surface area (Å²) in [6, 6.07) is 12.0. The van der Waals surface area contributed by atoms with Crippen LogP contribution in [0, 0.1) is 5.92 Å². The van der Waals surface area contributed by atoms with Crippen LogP contribution in [-0.2, 0) is 11.2 Å². The molecule has 0 fully saturated rings. The maximum Gasteiger partial charge on any atom is 0.306 e. The standard InChI is InChI=1S/C16H18O3/c1-3-12(16(17)18)8-11-4-5-14-10-15(19-2)7-6-13(14)9-11/h4-7,9-10,12H,3,8H2,1-2H3,(H,17,18)/t12-/m0/s1. The van der Waals surface area contributed by atoms with Crippen molar-refractivity contribution in [1.29, 1.82) is 0 Å². The molecule has 19 heavy (non-hydrogen) atoms. The van der Waals surface area contributed by atoms with Crippen molar-refractivity contribution in [2.45, 2.75) is 19.8 Å². The molecule has 0 aliphatic heterocycles. The first-order chi connectivity index (χ1) is 9.13. The highest BCUT2D eigenvalue weighted by molar-refractivity contribution is 5.84. The Morgan fingerprint density at radius 2 is 1.89 bits per heavy atom. The Morgan fingerprint density at radius 3 is 2.53 bits per heavy atom. The number of rotatable bonds is 5. The van der Waals surface area contributed by atoms with Gasteiger partial charge in [-0.2, -0.15) is 0 Å². The number of carboxylic acid groups (broad SMARTS) is 1. The van der Waals surface area contributed by atoms with Gasteiger partial charge in [-0.25, -0.2) is 0 Å². The summed E-state index contributed by atoms with van der Waals surface area (Å²) in [5, 5.41) is 11.3. The Bertz CT molecular complexity index is 590. The van der Waals surface area contributed by atoms with Gasteiger partial charge in [0.25, 0.3) is 0 Å². The highest BCUT2D eigenvalue weighted by Crippen LogP contribution is 2.23. The van der Waals surface area contributed by atoms with Crippen LogP contribution in [-0.4, -0.2) is 18.2 Å². The molecule has 0 unspecified atom stereocenters. The molecule has 0 aliphatic rings. The second-order valence-electron chi connectivity index (χ2n) is 4.69. The summed E-state index contributed by atoms with van der Waals surface area (Å²) in [6.07, 6.45) is 1.23. The van der Waals surface area contributed by atoms with Crippen LogP contribution >= 0.6 is 0 Å². The quantitative estimate of drug-likeness (QED) is 0.892. The van der Waals surface area contributed by atoms with Gasteiger partial charge in [0.2, 0.25) is 0 Å². The van der Waals surface area contributed by atoms with Gasteiger partial charge >= 0.3 is 5.97 Å². The topological polar surface area (TPSA) is 46.5 Å². The molecule has 0 bridgehead atoms. The fourth-order valence-electron chi connectivity index (χ4n) is 2.22. The molecule has 3 nitrogen and oxygen atoms in total. The molecule has 100 valence electrons. The minimum Gasteiger partial charge on any atom is -0.497 e. The van der Waals surface area contributed by atoms with E-state index in [0.29, 0.717) is 12.8 Å². The molecule has 1 atom stereocenters. The summed E-state index contributed by atoms with van der Waals surface area (Å²) in [5.41, 5.74) is 1.06. The molecule has 0 radical (unpaired) electrons. The lowest BCUT2D eigenvalue weighted by atomic mass is 9.95. The average Bonchev–Trinajstić information content (AvgIpc) is 2.43. The maximum atomic E-state index is 11.1. The van der Waals surface area contributed by atoms with Crippen molar-refractivity contribution in [1.82, 2.24) is 0 Å². The van der Waals surface area contributed by atoms with E-state index in [2.05, 4.69) is 6.07 Å². The number of ether oxygens (including phenoxy) is 1. The van der Waals surface area contributed by atoms with E-state index in [0.717, 1.165) is 22.1 Å². The minimum absolute atomic E-state index is 0.310. The zero-order chi connectivity index (χ0) is 13.8. The molecular weight excluding hydrogens is 240 g/mol. The van der Waals surface area contributed by atoms with Crippen LogP contribution < -0.4 is 4.74 Å². The van der Waals surface area contributed by atoms with E-state index in [1.807, 2.05) is 37.3 Å². The smallest absolute Gasteiger partial charge is 0.306 e. The van der Waals surface area contributed by atoms with Gasteiger partial charge in [-0.05, 0) is 41.3 Å². The summed E-state index contributed by atoms with van der Waals surface area (Å²) in [6.45, 7) is 1.91. The second kappa shape index (κ2) is 5.74. The Labute approximate surface area is 112 Å². The summed E-state index contributed by atoms with van der Waals surface area (Å²) in [7, 11) is 1.65. The number of carbonyl (C=O) groups is 1. The molecule has 2 aromatic rings. The molecule has 0 saturated carbocycles. The van der Waals surface area contributed by atoms with Crippen molar-refractivity contribution in [2.24, 2.45) is 5.92 Å². The molecule has 3 heteroatoms. The number of methoxy groups -OCH3 is 1. The van der Waals surface area contributed by atoms with Gasteiger partial charge in [-0.15, -0.1) is 0 Å². The molecule has 0 aromatic heterocycles. The largest absolute Gasteiger partial charge is 0.497 e. The van der Waals surface area contributed by atoms with Crippen LogP contribution in [0.25, 0.3) is 10.8 Å². The summed E-state index contributed by atoms with van der Waals surface area (Å²) >= 11 is 0. The van der Waals surface area contributed by atoms with Gasteiger partial charge in [0.05, 0.1) is 13.0 Å². The van der Waals surface area contributed by atoms with Crippen molar-refractivity contribution >= 4 is 16.7 Å². The van der Waals surface area contributed by atoms with Crippen molar-refractivity contribution in [2.75, 3.05) is 7.11 Å². The molecular formula is C16H18O3. The highest BCUT2D eigenvalue weighted by Gasteiger charge is 2.15. The molecule has 0 saturated heterocycles. The maximum absolute atomic E-state index is 11.1. The van der Waals surface area contributed by atoms with Crippen LogP contribution in [0.1, 0.15) is 18.9 Å². The monoisotopic (exact) mass is 258 g/mol. The van der Waals surface area contributed by atoms with Crippen LogP contribution in [0.4, 0.5) is 0 Å². The fraction of sp³-hybridized carbons (Fsp3) is 0.312. The third-order valence-corrected chi connectivity index (χ3v) is 3.44. The van der Waals surface area contributed by atoms with E-state index in [1.54, 1.807) is 7.11 Å². The van der Waals surface area contributed by atoms with Gasteiger partial charge in [-0.1, -0.05) is 31.2 Å². The van der Waals surface area contributed by atoms with E-state index in [4.69, 9.17) is 9.84 Å². The van der Waals surface area contributed by atoms with Crippen molar-refractivity contribution < 1.29 is 14.6 Å². The first-order valence-corrected chi connectivity index (χ1v) is 6.43. The first kappa shape index (κ1) is 13.4. The van der Waals surface area contributed by atoms with Crippen LogP contribution in [0.3, 0.4) is 0 Å². The van der Waals surface area contributed by atoms with Crippen molar-refractivity contribution in [3.63, 3.8) is 0 Å². The van der Waals surface area contributed by atoms with Crippen LogP contribution in [0.2, 0.25) is 0 Å². The lowest BCUT2D eigenvalue weighted by molar-refractivity contribution is -0.141. The summed E-state index contributed by atoms with van der Waals surface area (Å²) in [5.74, 6) is -0.203. The molecule has 2 rings (SSSR count). The summed E-state index contributed by atoms with van der Waals surface area (Å²) in [4.78, 5) is 11.1. The predicted octanol–water partition coefficient (Wildman–Crippen LogP) is 3.50. The number of fused-ring (bicyclic) bond motifs is 1. The van der Waals surface area contributed by atoms with Crippen LogP contribution in [0.5, 0.6) is 5.75 Å². The molecule has 0 amide bonds. The van der Waals surface area contributed by atoms with Gasteiger partial charge in [0.15, 0.2) is 0 Å².